The Bertz CT molecular complexity index is 2000. The normalized spacial score (nSPS) is 8.62. The summed E-state index contributed by atoms with van der Waals surface area (Å²) in [7, 11) is 0. The largest absolute Gasteiger partial charge is 0.242 e. The van der Waals surface area contributed by atoms with E-state index in [1.807, 2.05) is 93.5 Å². The van der Waals surface area contributed by atoms with Crippen molar-refractivity contribution in [3.63, 3.8) is 0 Å². The number of aromatic nitrogens is 5. The van der Waals surface area contributed by atoms with E-state index in [2.05, 4.69) is 200 Å². The van der Waals surface area contributed by atoms with Crippen LogP contribution in [0, 0.1) is 55.4 Å². The number of hydrogen-bond donors (Lipinski definition) is 0. The summed E-state index contributed by atoms with van der Waals surface area (Å²) >= 11 is 0. The summed E-state index contributed by atoms with van der Waals surface area (Å²) in [6, 6.07) is 56.8. The molecule has 2 aromatic heterocycles. The maximum absolute atomic E-state index is 3.87. The molecule has 0 aliphatic heterocycles. The maximum atomic E-state index is 3.87. The van der Waals surface area contributed by atoms with Gasteiger partial charge in [-0.3, -0.25) is 0 Å². The standard InChI is InChI=1S/C14H14.C13H12.C8H10.C7H8.C5H6N2.C4H5N3.4C2H6/c1-11-3-7-13(8-4-11)14-9-5-12(2)6-10-14;1-11-7-9-13(10-8-11)12-5-3-2-4-6-12;1-7-3-5-8(2)6-4-7;1-7-5-3-2-4-6-7;1-5-6-3-2-4-7-5;1-4-6-2-5-3-7-4;4*1-2/h3-10H,1-2H3;2-10H,1H3;3-6H,1-2H3;2-6H,1H3;2-4H,1H3;2-3H,1H3;4*1-2H3. The second kappa shape index (κ2) is 40.5. The molecule has 0 fully saturated rings. The van der Waals surface area contributed by atoms with Gasteiger partial charge >= 0.3 is 0 Å². The van der Waals surface area contributed by atoms with Crippen molar-refractivity contribution in [2.75, 3.05) is 0 Å². The first kappa shape index (κ1) is 59.5. The topological polar surface area (TPSA) is 64.5 Å². The Morgan fingerprint density at radius 3 is 0.688 bits per heavy atom. The lowest BCUT2D eigenvalue weighted by atomic mass is 10.0. The predicted molar refractivity (Wildman–Crippen MR) is 282 cm³/mol. The summed E-state index contributed by atoms with van der Waals surface area (Å²) in [5.41, 5.74) is 13.0. The summed E-state index contributed by atoms with van der Waals surface area (Å²) in [6.45, 7) is 32.3. The van der Waals surface area contributed by atoms with E-state index < -0.39 is 0 Å². The lowest BCUT2D eigenvalue weighted by Gasteiger charge is -2.02. The molecule has 0 atom stereocenters. The quantitative estimate of drug-likeness (QED) is 0.173. The van der Waals surface area contributed by atoms with Crippen LogP contribution in [-0.4, -0.2) is 24.9 Å². The molecule has 6 aromatic carbocycles. The number of hydrogen-bond acceptors (Lipinski definition) is 5. The van der Waals surface area contributed by atoms with Crippen molar-refractivity contribution in [3.8, 4) is 22.3 Å². The molecule has 0 saturated carbocycles. The Hall–Kier alpha value is -6.59. The average molecular weight is 858 g/mol. The molecular formula is C59H79N5. The van der Waals surface area contributed by atoms with Gasteiger partial charge in [-0.25, -0.2) is 24.9 Å². The zero-order valence-corrected chi connectivity index (χ0v) is 42.1. The van der Waals surface area contributed by atoms with Crippen LogP contribution >= 0.6 is 0 Å². The van der Waals surface area contributed by atoms with Crippen LogP contribution in [0.25, 0.3) is 22.3 Å². The van der Waals surface area contributed by atoms with Crippen molar-refractivity contribution in [2.45, 2.75) is 111 Å². The number of aryl methyl sites for hydroxylation is 8. The second-order valence-electron chi connectivity index (χ2n) is 13.3. The Labute approximate surface area is 390 Å². The first-order valence-electron chi connectivity index (χ1n) is 22.7. The third-order valence-corrected chi connectivity index (χ3v) is 8.07. The van der Waals surface area contributed by atoms with Gasteiger partial charge in [0, 0.05) is 12.4 Å². The predicted octanol–water partition coefficient (Wildman–Crippen LogP) is 17.0. The first-order valence-corrected chi connectivity index (χ1v) is 22.7. The Balaban J connectivity index is 0. The molecule has 5 heteroatoms. The van der Waals surface area contributed by atoms with Crippen LogP contribution in [0.5, 0.6) is 0 Å². The molecule has 0 aliphatic carbocycles. The fourth-order valence-corrected chi connectivity index (χ4v) is 4.71. The van der Waals surface area contributed by atoms with Gasteiger partial charge in [-0.05, 0) is 83.7 Å². The van der Waals surface area contributed by atoms with Crippen molar-refractivity contribution in [2.24, 2.45) is 0 Å². The first-order chi connectivity index (χ1) is 31.1. The Kier molecular flexibility index (Phi) is 37.6. The minimum absolute atomic E-state index is 0.759. The molecule has 0 N–H and O–H groups in total. The highest BCUT2D eigenvalue weighted by molar-refractivity contribution is 5.64. The Morgan fingerprint density at radius 2 is 0.469 bits per heavy atom. The summed E-state index contributed by atoms with van der Waals surface area (Å²) in [4.78, 5) is 18.9. The highest BCUT2D eigenvalue weighted by atomic mass is 15.0. The maximum Gasteiger partial charge on any atom is 0.128 e. The van der Waals surface area contributed by atoms with Gasteiger partial charge in [0.05, 0.1) is 0 Å². The number of rotatable bonds is 2. The highest BCUT2D eigenvalue weighted by Gasteiger charge is 1.96. The molecule has 2 heterocycles. The molecule has 0 aliphatic rings. The molecule has 8 rings (SSSR count). The van der Waals surface area contributed by atoms with E-state index in [4.69, 9.17) is 0 Å². The van der Waals surface area contributed by atoms with Gasteiger partial charge < -0.3 is 0 Å². The van der Waals surface area contributed by atoms with Crippen LogP contribution in [-0.2, 0) is 0 Å². The molecule has 0 saturated heterocycles. The van der Waals surface area contributed by atoms with E-state index in [-0.39, 0.29) is 0 Å². The van der Waals surface area contributed by atoms with Gasteiger partial charge in [0.15, 0.2) is 0 Å². The van der Waals surface area contributed by atoms with Crippen molar-refractivity contribution in [3.05, 3.63) is 234 Å². The molecule has 8 aromatic rings. The zero-order valence-electron chi connectivity index (χ0n) is 42.1. The molecule has 0 unspecified atom stereocenters. The lowest BCUT2D eigenvalue weighted by Crippen LogP contribution is -1.84. The fraction of sp³-hybridized carbons (Fsp3) is 0.271. The van der Waals surface area contributed by atoms with Crippen molar-refractivity contribution >= 4 is 0 Å². The van der Waals surface area contributed by atoms with E-state index in [1.165, 1.54) is 68.3 Å². The zero-order chi connectivity index (χ0) is 48.4. The van der Waals surface area contributed by atoms with E-state index in [9.17, 15) is 0 Å². The molecule has 340 valence electrons. The molecular weight excluding hydrogens is 779 g/mol. The van der Waals surface area contributed by atoms with Gasteiger partial charge in [-0.15, -0.1) is 0 Å². The van der Waals surface area contributed by atoms with Crippen LogP contribution in [0.3, 0.4) is 0 Å². The van der Waals surface area contributed by atoms with E-state index in [0.717, 1.165) is 11.6 Å². The van der Waals surface area contributed by atoms with Gasteiger partial charge in [-0.1, -0.05) is 246 Å². The van der Waals surface area contributed by atoms with Gasteiger partial charge in [0.1, 0.15) is 24.3 Å². The smallest absolute Gasteiger partial charge is 0.128 e. The van der Waals surface area contributed by atoms with Gasteiger partial charge in [0.25, 0.3) is 0 Å². The highest BCUT2D eigenvalue weighted by Crippen LogP contribution is 2.20. The van der Waals surface area contributed by atoms with E-state index in [1.54, 1.807) is 18.5 Å². The van der Waals surface area contributed by atoms with Crippen LogP contribution in [0.2, 0.25) is 0 Å². The lowest BCUT2D eigenvalue weighted by molar-refractivity contribution is 0.974. The molecule has 0 radical (unpaired) electrons. The fourth-order valence-electron chi connectivity index (χ4n) is 4.71. The summed E-state index contributed by atoms with van der Waals surface area (Å²) < 4.78 is 0. The van der Waals surface area contributed by atoms with Crippen molar-refractivity contribution in [1.82, 2.24) is 24.9 Å². The molecule has 0 bridgehead atoms. The number of nitrogens with zero attached hydrogens (tertiary/aromatic N) is 5. The minimum atomic E-state index is 0.759. The molecule has 0 amide bonds. The second-order valence-corrected chi connectivity index (χ2v) is 13.3. The number of benzene rings is 6. The summed E-state index contributed by atoms with van der Waals surface area (Å²) in [5.74, 6) is 1.58. The van der Waals surface area contributed by atoms with E-state index in [0.29, 0.717) is 0 Å². The minimum Gasteiger partial charge on any atom is -0.242 e. The van der Waals surface area contributed by atoms with E-state index >= 15 is 0 Å². The third-order valence-electron chi connectivity index (χ3n) is 8.07. The van der Waals surface area contributed by atoms with Gasteiger partial charge in [0.2, 0.25) is 0 Å². The summed E-state index contributed by atoms with van der Waals surface area (Å²) in [5, 5.41) is 0. The molecule has 5 nitrogen and oxygen atoms in total. The monoisotopic (exact) mass is 858 g/mol. The van der Waals surface area contributed by atoms with Gasteiger partial charge in [-0.2, -0.15) is 0 Å². The SMILES string of the molecule is CC.CC.CC.CC.Cc1ccc(-c2ccc(C)cc2)cc1.Cc1ccc(-c2ccccc2)cc1.Cc1ccc(C)cc1.Cc1ccccc1.Cc1ncccn1.Cc1ncncn1. The van der Waals surface area contributed by atoms with Crippen molar-refractivity contribution < 1.29 is 0 Å². The van der Waals surface area contributed by atoms with Crippen LogP contribution in [0.1, 0.15) is 100 Å². The average Bonchev–Trinajstić information content (AvgIpc) is 3.35. The molecule has 64 heavy (non-hydrogen) atoms. The van der Waals surface area contributed by atoms with Crippen LogP contribution in [0.15, 0.2) is 189 Å². The summed E-state index contributed by atoms with van der Waals surface area (Å²) in [6.07, 6.45) is 6.40. The molecule has 0 spiro atoms. The third kappa shape index (κ3) is 30.4. The van der Waals surface area contributed by atoms with Crippen molar-refractivity contribution in [1.29, 1.82) is 0 Å². The van der Waals surface area contributed by atoms with Crippen LogP contribution in [0.4, 0.5) is 0 Å². The Morgan fingerprint density at radius 1 is 0.234 bits per heavy atom. The van der Waals surface area contributed by atoms with Crippen LogP contribution < -0.4 is 0 Å².